The van der Waals surface area contributed by atoms with Crippen LogP contribution in [0.1, 0.15) is 20.8 Å². The van der Waals surface area contributed by atoms with E-state index < -0.39 is 24.0 Å². The SMILES string of the molecule is CC(=O)O.CC(=O)O.CC(=O)O.Nc1nc(F)nc2nc[nH]c12. The van der Waals surface area contributed by atoms with Crippen LogP contribution in [-0.4, -0.2) is 53.2 Å². The summed E-state index contributed by atoms with van der Waals surface area (Å²) in [6, 6.07) is 0. The van der Waals surface area contributed by atoms with E-state index in [2.05, 4.69) is 19.9 Å². The lowest BCUT2D eigenvalue weighted by Crippen LogP contribution is -1.97. The molecule has 0 aliphatic heterocycles. The van der Waals surface area contributed by atoms with Crippen LogP contribution in [-0.2, 0) is 14.4 Å². The topological polar surface area (TPSA) is 192 Å². The van der Waals surface area contributed by atoms with Crippen molar-refractivity contribution in [3.8, 4) is 0 Å². The Morgan fingerprint density at radius 2 is 1.43 bits per heavy atom. The molecule has 0 atom stereocenters. The van der Waals surface area contributed by atoms with E-state index in [1.54, 1.807) is 0 Å². The molecule has 128 valence electrons. The Kier molecular flexibility index (Phi) is 10.9. The van der Waals surface area contributed by atoms with Gasteiger partial charge in [-0.2, -0.15) is 14.4 Å². The van der Waals surface area contributed by atoms with Crippen molar-refractivity contribution >= 4 is 34.9 Å². The van der Waals surface area contributed by atoms with Crippen molar-refractivity contribution in [1.82, 2.24) is 19.9 Å². The van der Waals surface area contributed by atoms with E-state index in [0.29, 0.717) is 5.52 Å². The first-order chi connectivity index (χ1) is 10.5. The van der Waals surface area contributed by atoms with Gasteiger partial charge >= 0.3 is 6.08 Å². The van der Waals surface area contributed by atoms with E-state index in [1.165, 1.54) is 6.33 Å². The van der Waals surface area contributed by atoms with E-state index in [9.17, 15) is 4.39 Å². The predicted octanol–water partition coefficient (Wildman–Crippen LogP) is 0.347. The van der Waals surface area contributed by atoms with Gasteiger partial charge in [-0.05, 0) is 0 Å². The average Bonchev–Trinajstić information content (AvgIpc) is 2.74. The molecular formula is C11H16FN5O6. The minimum absolute atomic E-state index is 0.0741. The van der Waals surface area contributed by atoms with Crippen LogP contribution in [0.4, 0.5) is 10.2 Å². The number of imidazole rings is 1. The first kappa shape index (κ1) is 22.0. The summed E-state index contributed by atoms with van der Waals surface area (Å²) in [4.78, 5) is 40.1. The van der Waals surface area contributed by atoms with Gasteiger partial charge in [-0.1, -0.05) is 0 Å². The Balaban J connectivity index is 0. The molecule has 12 heteroatoms. The summed E-state index contributed by atoms with van der Waals surface area (Å²) in [5, 5.41) is 22.2. The number of carboxylic acids is 3. The number of aromatic nitrogens is 4. The summed E-state index contributed by atoms with van der Waals surface area (Å²) in [5.74, 6) is -2.43. The van der Waals surface area contributed by atoms with E-state index >= 15 is 0 Å². The lowest BCUT2D eigenvalue weighted by Gasteiger charge is -1.91. The quantitative estimate of drug-likeness (QED) is 0.420. The number of aliphatic carboxylic acids is 3. The van der Waals surface area contributed by atoms with Crippen molar-refractivity contribution in [2.75, 3.05) is 5.73 Å². The summed E-state index contributed by atoms with van der Waals surface area (Å²) in [6.45, 7) is 3.25. The molecule has 0 spiro atoms. The van der Waals surface area contributed by atoms with Crippen molar-refractivity contribution in [2.45, 2.75) is 20.8 Å². The molecule has 6 N–H and O–H groups in total. The van der Waals surface area contributed by atoms with Gasteiger partial charge in [-0.15, -0.1) is 0 Å². The molecule has 0 bridgehead atoms. The van der Waals surface area contributed by atoms with Crippen molar-refractivity contribution in [2.24, 2.45) is 0 Å². The summed E-state index contributed by atoms with van der Waals surface area (Å²) >= 11 is 0. The van der Waals surface area contributed by atoms with E-state index in [1.807, 2.05) is 0 Å². The number of nitrogens with zero attached hydrogens (tertiary/aromatic N) is 3. The highest BCUT2D eigenvalue weighted by atomic mass is 19.1. The summed E-state index contributed by atoms with van der Waals surface area (Å²) in [5.41, 5.74) is 6.05. The first-order valence-electron chi connectivity index (χ1n) is 5.68. The zero-order chi connectivity index (χ0) is 18.6. The maximum atomic E-state index is 12.4. The molecule has 0 radical (unpaired) electrons. The van der Waals surface area contributed by atoms with Gasteiger partial charge < -0.3 is 26.0 Å². The molecule has 2 heterocycles. The molecular weight excluding hydrogens is 317 g/mol. The van der Waals surface area contributed by atoms with Crippen LogP contribution in [0.3, 0.4) is 0 Å². The third-order valence-electron chi connectivity index (χ3n) is 1.29. The summed E-state index contributed by atoms with van der Waals surface area (Å²) in [6.07, 6.45) is 0.525. The lowest BCUT2D eigenvalue weighted by molar-refractivity contribution is -0.135. The monoisotopic (exact) mass is 333 g/mol. The normalized spacial score (nSPS) is 8.35. The number of carboxylic acid groups (broad SMARTS) is 3. The summed E-state index contributed by atoms with van der Waals surface area (Å²) < 4.78 is 12.4. The minimum atomic E-state index is -0.859. The highest BCUT2D eigenvalue weighted by Crippen LogP contribution is 2.11. The molecule has 2 rings (SSSR count). The van der Waals surface area contributed by atoms with Crippen LogP contribution in [0.2, 0.25) is 0 Å². The number of aromatic amines is 1. The fourth-order valence-corrected chi connectivity index (χ4v) is 0.828. The zero-order valence-corrected chi connectivity index (χ0v) is 12.4. The summed E-state index contributed by atoms with van der Waals surface area (Å²) in [7, 11) is 0. The molecule has 11 nitrogen and oxygen atoms in total. The third kappa shape index (κ3) is 14.9. The number of H-pyrrole nitrogens is 1. The van der Waals surface area contributed by atoms with Gasteiger partial charge in [0, 0.05) is 20.8 Å². The van der Waals surface area contributed by atoms with Gasteiger partial charge in [0.1, 0.15) is 5.52 Å². The Morgan fingerprint density at radius 1 is 1.04 bits per heavy atom. The average molecular weight is 333 g/mol. The number of nitrogens with two attached hydrogens (primary N) is 1. The van der Waals surface area contributed by atoms with E-state index in [-0.39, 0.29) is 11.5 Å². The van der Waals surface area contributed by atoms with Crippen LogP contribution < -0.4 is 5.73 Å². The number of hydrogen-bond donors (Lipinski definition) is 5. The number of rotatable bonds is 0. The first-order valence-corrected chi connectivity index (χ1v) is 5.68. The number of carbonyl (C=O) groups is 3. The Bertz CT molecular complexity index is 619. The Morgan fingerprint density at radius 3 is 1.83 bits per heavy atom. The van der Waals surface area contributed by atoms with Crippen LogP contribution in [0, 0.1) is 6.08 Å². The molecule has 0 amide bonds. The smallest absolute Gasteiger partial charge is 0.312 e. The fourth-order valence-electron chi connectivity index (χ4n) is 0.828. The van der Waals surface area contributed by atoms with Crippen molar-refractivity contribution in [3.63, 3.8) is 0 Å². The van der Waals surface area contributed by atoms with Crippen molar-refractivity contribution in [3.05, 3.63) is 12.4 Å². The predicted molar refractivity (Wildman–Crippen MR) is 76.0 cm³/mol. The van der Waals surface area contributed by atoms with Gasteiger partial charge in [-0.25, -0.2) is 4.98 Å². The van der Waals surface area contributed by atoms with Crippen molar-refractivity contribution < 1.29 is 34.1 Å². The number of halogens is 1. The molecule has 0 aromatic carbocycles. The third-order valence-corrected chi connectivity index (χ3v) is 1.29. The lowest BCUT2D eigenvalue weighted by atomic mass is 10.5. The number of anilines is 1. The van der Waals surface area contributed by atoms with Gasteiger partial charge in [0.05, 0.1) is 6.33 Å². The Labute approximate surface area is 129 Å². The van der Waals surface area contributed by atoms with Crippen LogP contribution in [0.15, 0.2) is 6.33 Å². The highest BCUT2D eigenvalue weighted by molar-refractivity contribution is 5.80. The maximum Gasteiger partial charge on any atom is 0.312 e. The van der Waals surface area contributed by atoms with Crippen molar-refractivity contribution in [1.29, 1.82) is 0 Å². The molecule has 0 aliphatic carbocycles. The van der Waals surface area contributed by atoms with Gasteiger partial charge in [0.15, 0.2) is 11.5 Å². The van der Waals surface area contributed by atoms with E-state index in [4.69, 9.17) is 35.4 Å². The standard InChI is InChI=1S/C5H4FN5.3C2H4O2/c6-5-10-3(7)2-4(11-5)9-1-8-2;3*1-2(3)4/h1H,(H3,7,8,9,10,11);3*1H3,(H,3,4). The molecule has 0 saturated carbocycles. The maximum absolute atomic E-state index is 12.4. The van der Waals surface area contributed by atoms with Gasteiger partial charge in [0.25, 0.3) is 17.9 Å². The highest BCUT2D eigenvalue weighted by Gasteiger charge is 2.04. The fraction of sp³-hybridized carbons (Fsp3) is 0.273. The van der Waals surface area contributed by atoms with Crippen LogP contribution in [0.25, 0.3) is 11.2 Å². The second kappa shape index (κ2) is 11.4. The molecule has 0 aliphatic rings. The molecule has 2 aromatic heterocycles. The molecule has 2 aromatic rings. The van der Waals surface area contributed by atoms with Gasteiger partial charge in [-0.3, -0.25) is 14.4 Å². The zero-order valence-electron chi connectivity index (χ0n) is 12.4. The van der Waals surface area contributed by atoms with E-state index in [0.717, 1.165) is 20.8 Å². The molecule has 0 saturated heterocycles. The van der Waals surface area contributed by atoms with Gasteiger partial charge in [0.2, 0.25) is 0 Å². The number of nitrogens with one attached hydrogen (secondary N) is 1. The second-order valence-electron chi connectivity index (χ2n) is 3.54. The minimum Gasteiger partial charge on any atom is -0.481 e. The Hall–Kier alpha value is -3.31. The number of nitrogen functional groups attached to an aromatic ring is 1. The number of fused-ring (bicyclic) bond motifs is 1. The van der Waals surface area contributed by atoms with Crippen LogP contribution in [0.5, 0.6) is 0 Å². The largest absolute Gasteiger partial charge is 0.481 e. The molecule has 0 fully saturated rings. The number of hydrogen-bond acceptors (Lipinski definition) is 7. The second-order valence-corrected chi connectivity index (χ2v) is 3.54. The molecule has 23 heavy (non-hydrogen) atoms. The molecule has 0 unspecified atom stereocenters. The van der Waals surface area contributed by atoms with Crippen LogP contribution >= 0.6 is 0 Å².